The first-order valence-corrected chi connectivity index (χ1v) is 7.72. The van der Waals surface area contributed by atoms with Gasteiger partial charge in [-0.05, 0) is 38.1 Å². The number of benzene rings is 1. The van der Waals surface area contributed by atoms with E-state index in [2.05, 4.69) is 10.3 Å². The molecule has 2 aromatic heterocycles. The van der Waals surface area contributed by atoms with Gasteiger partial charge in [-0.15, -0.1) is 0 Å². The minimum Gasteiger partial charge on any atom is -0.508 e. The lowest BCUT2D eigenvalue weighted by atomic mass is 10.1. The van der Waals surface area contributed by atoms with E-state index in [0.717, 1.165) is 16.9 Å². The average Bonchev–Trinajstić information content (AvgIpc) is 3.01. The molecule has 1 aromatic carbocycles. The number of carbonyl (C=O) groups is 1. The van der Waals surface area contributed by atoms with Gasteiger partial charge in [0.1, 0.15) is 17.1 Å². The molecule has 24 heavy (non-hydrogen) atoms. The summed E-state index contributed by atoms with van der Waals surface area (Å²) in [6.07, 6.45) is 3.57. The number of nitrogens with one attached hydrogen (secondary N) is 1. The summed E-state index contributed by atoms with van der Waals surface area (Å²) in [4.78, 5) is 16.1. The fraction of sp³-hybridized carbons (Fsp3) is 0.222. The number of ether oxygens (including phenoxy) is 1. The molecule has 6 nitrogen and oxygen atoms in total. The molecule has 0 bridgehead atoms. The summed E-state index contributed by atoms with van der Waals surface area (Å²) in [6, 6.07) is 10.6. The van der Waals surface area contributed by atoms with Gasteiger partial charge in [-0.2, -0.15) is 0 Å². The maximum atomic E-state index is 11.8. The van der Waals surface area contributed by atoms with Gasteiger partial charge in [-0.3, -0.25) is 9.20 Å². The predicted octanol–water partition coefficient (Wildman–Crippen LogP) is 2.61. The van der Waals surface area contributed by atoms with Crippen molar-refractivity contribution in [3.05, 3.63) is 48.8 Å². The van der Waals surface area contributed by atoms with E-state index in [0.29, 0.717) is 5.75 Å². The molecule has 0 aliphatic rings. The largest absolute Gasteiger partial charge is 0.508 e. The van der Waals surface area contributed by atoms with Gasteiger partial charge in [0.25, 0.3) is 5.91 Å². The average molecular weight is 325 g/mol. The smallest absolute Gasteiger partial charge is 0.258 e. The summed E-state index contributed by atoms with van der Waals surface area (Å²) in [6.45, 7) is 3.66. The van der Waals surface area contributed by atoms with Crippen LogP contribution >= 0.6 is 0 Å². The van der Waals surface area contributed by atoms with Gasteiger partial charge in [-0.25, -0.2) is 4.98 Å². The van der Waals surface area contributed by atoms with Crippen LogP contribution in [0, 0.1) is 0 Å². The lowest BCUT2D eigenvalue weighted by molar-refractivity contribution is -0.123. The van der Waals surface area contributed by atoms with Crippen molar-refractivity contribution in [1.29, 1.82) is 0 Å². The van der Waals surface area contributed by atoms with Gasteiger partial charge in [0.2, 0.25) is 0 Å². The molecule has 1 amide bonds. The number of aromatic hydroxyl groups is 1. The zero-order valence-electron chi connectivity index (χ0n) is 13.6. The number of nitrogens with zero attached hydrogens (tertiary/aromatic N) is 2. The normalized spacial score (nSPS) is 11.0. The van der Waals surface area contributed by atoms with Gasteiger partial charge in [0.15, 0.2) is 6.61 Å². The van der Waals surface area contributed by atoms with E-state index < -0.39 is 0 Å². The lowest BCUT2D eigenvalue weighted by Gasteiger charge is -2.14. The topological polar surface area (TPSA) is 75.9 Å². The molecule has 0 aliphatic heterocycles. The van der Waals surface area contributed by atoms with Crippen molar-refractivity contribution in [2.75, 3.05) is 6.61 Å². The Labute approximate surface area is 139 Å². The van der Waals surface area contributed by atoms with E-state index in [4.69, 9.17) is 4.74 Å². The molecule has 0 saturated heterocycles. The molecule has 0 radical (unpaired) electrons. The van der Waals surface area contributed by atoms with Crippen LogP contribution in [0.1, 0.15) is 13.8 Å². The van der Waals surface area contributed by atoms with Crippen molar-refractivity contribution in [1.82, 2.24) is 14.7 Å². The standard InChI is InChI=1S/C18H19N3O3/c1-12(2)20-18(23)11-24-16-10-13(22)6-7-14(16)15-4-3-5-17-19-8-9-21(15)17/h3-10,12,22H,11H2,1-2H3,(H,20,23). The first-order valence-electron chi connectivity index (χ1n) is 7.72. The predicted molar refractivity (Wildman–Crippen MR) is 91.1 cm³/mol. The van der Waals surface area contributed by atoms with E-state index in [1.807, 2.05) is 42.6 Å². The summed E-state index contributed by atoms with van der Waals surface area (Å²) >= 11 is 0. The minimum atomic E-state index is -0.208. The number of hydrogen-bond donors (Lipinski definition) is 2. The monoisotopic (exact) mass is 325 g/mol. The highest BCUT2D eigenvalue weighted by atomic mass is 16.5. The van der Waals surface area contributed by atoms with Gasteiger partial charge in [-0.1, -0.05) is 6.07 Å². The number of pyridine rings is 1. The highest BCUT2D eigenvalue weighted by molar-refractivity contribution is 5.78. The number of carbonyl (C=O) groups excluding carboxylic acids is 1. The van der Waals surface area contributed by atoms with Crippen LogP contribution < -0.4 is 10.1 Å². The number of rotatable bonds is 5. The van der Waals surface area contributed by atoms with Crippen molar-refractivity contribution in [3.8, 4) is 22.8 Å². The molecule has 2 N–H and O–H groups in total. The van der Waals surface area contributed by atoms with E-state index in [-0.39, 0.29) is 24.3 Å². The third-order valence-electron chi connectivity index (χ3n) is 3.48. The number of amides is 1. The number of aromatic nitrogens is 2. The van der Waals surface area contributed by atoms with Crippen molar-refractivity contribution < 1.29 is 14.6 Å². The Kier molecular flexibility index (Phi) is 4.37. The van der Waals surface area contributed by atoms with Gasteiger partial charge in [0.05, 0.1) is 5.69 Å². The summed E-state index contributed by atoms with van der Waals surface area (Å²) in [5.74, 6) is 0.311. The first-order chi connectivity index (χ1) is 11.5. The van der Waals surface area contributed by atoms with Gasteiger partial charge < -0.3 is 15.2 Å². The van der Waals surface area contributed by atoms with Crippen molar-refractivity contribution >= 4 is 11.6 Å². The van der Waals surface area contributed by atoms with Gasteiger partial charge in [0, 0.05) is 30.1 Å². The van der Waals surface area contributed by atoms with Crippen LogP contribution in [0.3, 0.4) is 0 Å². The second-order valence-corrected chi connectivity index (χ2v) is 5.76. The van der Waals surface area contributed by atoms with Crippen LogP contribution in [0.25, 0.3) is 16.9 Å². The number of phenols is 1. The Morgan fingerprint density at radius 3 is 2.96 bits per heavy atom. The van der Waals surface area contributed by atoms with E-state index in [1.165, 1.54) is 6.07 Å². The van der Waals surface area contributed by atoms with Crippen molar-refractivity contribution in [2.45, 2.75) is 19.9 Å². The molecule has 0 saturated carbocycles. The third kappa shape index (κ3) is 3.32. The summed E-state index contributed by atoms with van der Waals surface area (Å²) in [7, 11) is 0. The quantitative estimate of drug-likeness (QED) is 0.756. The van der Waals surface area contributed by atoms with Crippen LogP contribution in [0.5, 0.6) is 11.5 Å². The molecule has 0 atom stereocenters. The van der Waals surface area contributed by atoms with E-state index in [9.17, 15) is 9.90 Å². The summed E-state index contributed by atoms with van der Waals surface area (Å²) < 4.78 is 7.58. The van der Waals surface area contributed by atoms with E-state index >= 15 is 0 Å². The number of hydrogen-bond acceptors (Lipinski definition) is 4. The molecule has 0 fully saturated rings. The SMILES string of the molecule is CC(C)NC(=O)COc1cc(O)ccc1-c1cccc2nccn12. The first kappa shape index (κ1) is 15.9. The Morgan fingerprint density at radius 2 is 2.17 bits per heavy atom. The molecule has 6 heteroatoms. The van der Waals surface area contributed by atoms with Gasteiger partial charge >= 0.3 is 0 Å². The molecule has 0 unspecified atom stereocenters. The van der Waals surface area contributed by atoms with E-state index in [1.54, 1.807) is 18.3 Å². The number of phenolic OH excluding ortho intramolecular Hbond substituents is 1. The number of fused-ring (bicyclic) bond motifs is 1. The van der Waals surface area contributed by atoms with Crippen LogP contribution in [0.2, 0.25) is 0 Å². The van der Waals surface area contributed by atoms with Crippen LogP contribution in [0.15, 0.2) is 48.8 Å². The molecule has 0 aliphatic carbocycles. The Bertz CT molecular complexity index is 871. The van der Waals surface area contributed by atoms with Crippen molar-refractivity contribution in [2.24, 2.45) is 0 Å². The van der Waals surface area contributed by atoms with Crippen LogP contribution in [0.4, 0.5) is 0 Å². The fourth-order valence-electron chi connectivity index (χ4n) is 2.52. The molecular weight excluding hydrogens is 306 g/mol. The number of imidazole rings is 1. The molecule has 3 aromatic rings. The summed E-state index contributed by atoms with van der Waals surface area (Å²) in [5, 5.41) is 12.5. The Morgan fingerprint density at radius 1 is 1.33 bits per heavy atom. The highest BCUT2D eigenvalue weighted by Gasteiger charge is 2.13. The highest BCUT2D eigenvalue weighted by Crippen LogP contribution is 2.33. The molecule has 0 spiro atoms. The molecule has 2 heterocycles. The second kappa shape index (κ2) is 6.62. The minimum absolute atomic E-state index is 0.0458. The Hall–Kier alpha value is -3.02. The molecular formula is C18H19N3O3. The zero-order valence-corrected chi connectivity index (χ0v) is 13.6. The van der Waals surface area contributed by atoms with Crippen molar-refractivity contribution in [3.63, 3.8) is 0 Å². The second-order valence-electron chi connectivity index (χ2n) is 5.76. The van der Waals surface area contributed by atoms with Crippen LogP contribution in [-0.2, 0) is 4.79 Å². The maximum absolute atomic E-state index is 11.8. The molecule has 3 rings (SSSR count). The lowest BCUT2D eigenvalue weighted by Crippen LogP contribution is -2.34. The zero-order chi connectivity index (χ0) is 17.1. The fourth-order valence-corrected chi connectivity index (χ4v) is 2.52. The third-order valence-corrected chi connectivity index (χ3v) is 3.48. The van der Waals surface area contributed by atoms with Crippen LogP contribution in [-0.4, -0.2) is 33.0 Å². The Balaban J connectivity index is 1.94. The molecule has 124 valence electrons. The summed E-state index contributed by atoms with van der Waals surface area (Å²) in [5.41, 5.74) is 2.45. The maximum Gasteiger partial charge on any atom is 0.258 e.